The molecule has 1 fully saturated rings. The van der Waals surface area contributed by atoms with Crippen LogP contribution in [-0.4, -0.2) is 0 Å². The van der Waals surface area contributed by atoms with Crippen molar-refractivity contribution in [2.45, 2.75) is 19.3 Å². The molecule has 2 nitrogen and oxygen atoms in total. The zero-order valence-electron chi connectivity index (χ0n) is 9.65. The number of fused-ring (bicyclic) bond motifs is 3. The van der Waals surface area contributed by atoms with E-state index >= 15 is 0 Å². The average Bonchev–Trinajstić information content (AvgIpc) is 3.00. The number of hydroxylamine groups is 1. The first-order valence-electron chi connectivity index (χ1n) is 6.29. The number of hydrogen-bond donors (Lipinski definition) is 1. The van der Waals surface area contributed by atoms with E-state index in [0.29, 0.717) is 0 Å². The van der Waals surface area contributed by atoms with Crippen LogP contribution >= 0.6 is 0 Å². The zero-order valence-corrected chi connectivity index (χ0v) is 9.65. The van der Waals surface area contributed by atoms with Crippen LogP contribution in [0.25, 0.3) is 6.08 Å². The largest absolute Gasteiger partial charge is 0.382 e. The standard InChI is InChI=1S/C15H15NO/c1-2-4-13-12(3-1)9-14(16-17-13)15-7-5-11(10-15)6-8-15/h1-5,7,9,11,16H,6,8,10H2. The highest BCUT2D eigenvalue weighted by atomic mass is 16.6. The van der Waals surface area contributed by atoms with E-state index in [1.807, 2.05) is 12.1 Å². The van der Waals surface area contributed by atoms with Crippen molar-refractivity contribution in [2.24, 2.45) is 11.3 Å². The predicted octanol–water partition coefficient (Wildman–Crippen LogP) is 3.28. The van der Waals surface area contributed by atoms with Gasteiger partial charge in [0.1, 0.15) is 0 Å². The van der Waals surface area contributed by atoms with Crippen molar-refractivity contribution in [1.29, 1.82) is 0 Å². The van der Waals surface area contributed by atoms with E-state index in [2.05, 4.69) is 35.8 Å². The molecule has 0 aromatic heterocycles. The van der Waals surface area contributed by atoms with Crippen molar-refractivity contribution in [1.82, 2.24) is 5.48 Å². The van der Waals surface area contributed by atoms with Crippen LogP contribution in [0.2, 0.25) is 0 Å². The first kappa shape index (κ1) is 9.34. The zero-order chi connectivity index (χ0) is 11.3. The Kier molecular flexibility index (Phi) is 1.74. The Hall–Kier alpha value is -1.70. The average molecular weight is 225 g/mol. The lowest BCUT2D eigenvalue weighted by molar-refractivity contribution is 0.196. The number of nitrogens with one attached hydrogen (secondary N) is 1. The molecule has 1 heterocycles. The molecule has 17 heavy (non-hydrogen) atoms. The van der Waals surface area contributed by atoms with Crippen LogP contribution in [0, 0.1) is 11.3 Å². The van der Waals surface area contributed by atoms with Gasteiger partial charge in [-0.3, -0.25) is 0 Å². The second kappa shape index (κ2) is 3.16. The SMILES string of the molecule is C1=CC2(C3=Cc4ccccc4ON3)CCC1C2. The maximum Gasteiger partial charge on any atom is 0.162 e. The van der Waals surface area contributed by atoms with E-state index in [-0.39, 0.29) is 5.41 Å². The summed E-state index contributed by atoms with van der Waals surface area (Å²) in [6.45, 7) is 0. The van der Waals surface area contributed by atoms with Crippen molar-refractivity contribution in [3.63, 3.8) is 0 Å². The highest BCUT2D eigenvalue weighted by Gasteiger charge is 2.44. The Bertz CT molecular complexity index is 531. The van der Waals surface area contributed by atoms with Gasteiger partial charge in [0.2, 0.25) is 0 Å². The molecule has 0 amide bonds. The summed E-state index contributed by atoms with van der Waals surface area (Å²) in [5, 5.41) is 0. The van der Waals surface area contributed by atoms with Crippen LogP contribution in [0.5, 0.6) is 5.75 Å². The molecule has 2 heteroatoms. The summed E-state index contributed by atoms with van der Waals surface area (Å²) in [7, 11) is 0. The van der Waals surface area contributed by atoms with Gasteiger partial charge in [0, 0.05) is 11.0 Å². The molecule has 1 N–H and O–H groups in total. The molecule has 86 valence electrons. The Morgan fingerprint density at radius 3 is 3.00 bits per heavy atom. The van der Waals surface area contributed by atoms with E-state index in [9.17, 15) is 0 Å². The molecular weight excluding hydrogens is 210 g/mol. The lowest BCUT2D eigenvalue weighted by Crippen LogP contribution is -2.31. The van der Waals surface area contributed by atoms with Gasteiger partial charge in [0.05, 0.1) is 5.70 Å². The van der Waals surface area contributed by atoms with Crippen LogP contribution in [0.1, 0.15) is 24.8 Å². The topological polar surface area (TPSA) is 21.3 Å². The van der Waals surface area contributed by atoms with Gasteiger partial charge >= 0.3 is 0 Å². The van der Waals surface area contributed by atoms with Gasteiger partial charge in [0.15, 0.2) is 5.75 Å². The second-order valence-electron chi connectivity index (χ2n) is 5.32. The van der Waals surface area contributed by atoms with Crippen LogP contribution in [0.4, 0.5) is 0 Å². The number of rotatable bonds is 1. The van der Waals surface area contributed by atoms with E-state index in [1.54, 1.807) is 0 Å². The van der Waals surface area contributed by atoms with Gasteiger partial charge in [-0.25, -0.2) is 5.48 Å². The lowest BCUT2D eigenvalue weighted by Gasteiger charge is -2.30. The van der Waals surface area contributed by atoms with Gasteiger partial charge in [-0.2, -0.15) is 0 Å². The van der Waals surface area contributed by atoms with Gasteiger partial charge in [-0.05, 0) is 37.3 Å². The van der Waals surface area contributed by atoms with Crippen LogP contribution in [0.15, 0.2) is 42.1 Å². The Labute approximate surface area is 101 Å². The molecule has 4 rings (SSSR count). The summed E-state index contributed by atoms with van der Waals surface area (Å²) < 4.78 is 0. The van der Waals surface area contributed by atoms with Crippen LogP contribution in [-0.2, 0) is 0 Å². The molecule has 1 aromatic carbocycles. The van der Waals surface area contributed by atoms with E-state index in [0.717, 1.165) is 11.7 Å². The normalized spacial score (nSPS) is 32.7. The summed E-state index contributed by atoms with van der Waals surface area (Å²) >= 11 is 0. The molecule has 0 radical (unpaired) electrons. The third-order valence-corrected chi connectivity index (χ3v) is 4.30. The first-order chi connectivity index (χ1) is 8.36. The fourth-order valence-electron chi connectivity index (χ4n) is 3.32. The van der Waals surface area contributed by atoms with Gasteiger partial charge in [-0.15, -0.1) is 0 Å². The van der Waals surface area contributed by atoms with Crippen LogP contribution in [0.3, 0.4) is 0 Å². The quantitative estimate of drug-likeness (QED) is 0.740. The fraction of sp³-hybridized carbons (Fsp3) is 0.333. The van der Waals surface area contributed by atoms with Crippen molar-refractivity contribution in [3.8, 4) is 5.75 Å². The molecule has 2 atom stereocenters. The highest BCUT2D eigenvalue weighted by molar-refractivity contribution is 5.63. The van der Waals surface area contributed by atoms with E-state index < -0.39 is 0 Å². The Morgan fingerprint density at radius 2 is 2.24 bits per heavy atom. The predicted molar refractivity (Wildman–Crippen MR) is 67.1 cm³/mol. The highest BCUT2D eigenvalue weighted by Crippen LogP contribution is 2.53. The summed E-state index contributed by atoms with van der Waals surface area (Å²) in [6, 6.07) is 8.16. The molecule has 0 saturated heterocycles. The maximum atomic E-state index is 5.64. The Balaban J connectivity index is 1.78. The number of para-hydroxylation sites is 1. The minimum Gasteiger partial charge on any atom is -0.382 e. The smallest absolute Gasteiger partial charge is 0.162 e. The molecular formula is C15H15NO. The summed E-state index contributed by atoms with van der Waals surface area (Å²) in [4.78, 5) is 5.64. The van der Waals surface area contributed by atoms with Crippen LogP contribution < -0.4 is 10.3 Å². The summed E-state index contributed by atoms with van der Waals surface area (Å²) in [5.41, 5.74) is 5.78. The third kappa shape index (κ3) is 1.27. The molecule has 1 aliphatic heterocycles. The van der Waals surface area contributed by atoms with Crippen molar-refractivity contribution in [2.75, 3.05) is 0 Å². The second-order valence-corrected chi connectivity index (χ2v) is 5.32. The molecule has 3 aliphatic rings. The number of allylic oxidation sites excluding steroid dienone is 2. The van der Waals surface area contributed by atoms with Crippen molar-refractivity contribution in [3.05, 3.63) is 47.7 Å². The van der Waals surface area contributed by atoms with Crippen molar-refractivity contribution < 1.29 is 4.84 Å². The number of benzene rings is 1. The summed E-state index contributed by atoms with van der Waals surface area (Å²) in [6.07, 6.45) is 10.8. The van der Waals surface area contributed by atoms with E-state index in [1.165, 1.54) is 30.5 Å². The molecule has 1 saturated carbocycles. The van der Waals surface area contributed by atoms with Gasteiger partial charge in [-0.1, -0.05) is 30.4 Å². The van der Waals surface area contributed by atoms with Gasteiger partial charge < -0.3 is 4.84 Å². The first-order valence-corrected chi connectivity index (χ1v) is 6.29. The molecule has 1 aromatic rings. The maximum absolute atomic E-state index is 5.64. The minimum absolute atomic E-state index is 0.220. The lowest BCUT2D eigenvalue weighted by atomic mass is 9.83. The minimum atomic E-state index is 0.220. The van der Waals surface area contributed by atoms with E-state index in [4.69, 9.17) is 4.84 Å². The monoisotopic (exact) mass is 225 g/mol. The van der Waals surface area contributed by atoms with Crippen molar-refractivity contribution >= 4 is 6.08 Å². The third-order valence-electron chi connectivity index (χ3n) is 4.30. The Morgan fingerprint density at radius 1 is 1.29 bits per heavy atom. The number of hydrogen-bond acceptors (Lipinski definition) is 2. The molecule has 2 aliphatic carbocycles. The fourth-order valence-corrected chi connectivity index (χ4v) is 3.32. The summed E-state index contributed by atoms with van der Waals surface area (Å²) in [5.74, 6) is 1.71. The molecule has 2 bridgehead atoms. The molecule has 2 unspecified atom stereocenters. The molecule has 0 spiro atoms. The van der Waals surface area contributed by atoms with Gasteiger partial charge in [0.25, 0.3) is 0 Å².